The number of aliphatic hydroxyl groups excluding tert-OH is 1. The summed E-state index contributed by atoms with van der Waals surface area (Å²) in [5.41, 5.74) is -1.54. The van der Waals surface area contributed by atoms with E-state index in [9.17, 15) is 18.4 Å². The molecule has 2 unspecified atom stereocenters. The highest BCUT2D eigenvalue weighted by Gasteiger charge is 2.46. The molecule has 1 aliphatic heterocycles. The molecule has 2 rings (SSSR count). The van der Waals surface area contributed by atoms with Gasteiger partial charge in [0.25, 0.3) is 5.56 Å². The third-order valence-corrected chi connectivity index (χ3v) is 2.55. The number of rotatable bonds is 2. The molecule has 4 atom stereocenters. The fourth-order valence-corrected chi connectivity index (χ4v) is 1.68. The molecule has 94 valence electrons. The van der Waals surface area contributed by atoms with Crippen LogP contribution in [0.2, 0.25) is 0 Å². The predicted octanol–water partition coefficient (Wildman–Crippen LogP) is -0.898. The Labute approximate surface area is 93.5 Å². The van der Waals surface area contributed by atoms with Crippen LogP contribution < -0.4 is 11.2 Å². The van der Waals surface area contributed by atoms with Crippen molar-refractivity contribution in [2.45, 2.75) is 24.7 Å². The maximum absolute atomic E-state index is 13.5. The number of nitrogens with zero attached hydrogens (tertiary/aromatic N) is 1. The van der Waals surface area contributed by atoms with Crippen molar-refractivity contribution in [3.8, 4) is 0 Å². The van der Waals surface area contributed by atoms with Crippen LogP contribution in [0.25, 0.3) is 0 Å². The van der Waals surface area contributed by atoms with Crippen LogP contribution in [0, 0.1) is 0 Å². The summed E-state index contributed by atoms with van der Waals surface area (Å²) in [6.07, 6.45) is -5.86. The van der Waals surface area contributed by atoms with E-state index in [1.807, 2.05) is 4.98 Å². The van der Waals surface area contributed by atoms with Crippen LogP contribution in [0.3, 0.4) is 0 Å². The van der Waals surface area contributed by atoms with Crippen LogP contribution in [0.5, 0.6) is 0 Å². The fourth-order valence-electron chi connectivity index (χ4n) is 1.68. The molecule has 0 spiro atoms. The molecule has 2 heterocycles. The summed E-state index contributed by atoms with van der Waals surface area (Å²) in [5, 5.41) is 8.76. The van der Waals surface area contributed by atoms with Crippen LogP contribution in [0.4, 0.5) is 8.78 Å². The Morgan fingerprint density at radius 2 is 2.12 bits per heavy atom. The Balaban J connectivity index is 2.35. The second-order valence-electron chi connectivity index (χ2n) is 3.65. The van der Waals surface area contributed by atoms with Gasteiger partial charge in [0.05, 0.1) is 6.61 Å². The summed E-state index contributed by atoms with van der Waals surface area (Å²) in [6.45, 7) is -0.684. The predicted molar refractivity (Wildman–Crippen MR) is 52.1 cm³/mol. The molecule has 0 saturated carbocycles. The monoisotopic (exact) mass is 248 g/mol. The molecule has 2 N–H and O–H groups in total. The number of aromatic amines is 1. The summed E-state index contributed by atoms with van der Waals surface area (Å²) in [6, 6.07) is 0.997. The number of hydrogen-bond acceptors (Lipinski definition) is 4. The normalized spacial score (nSPS) is 32.9. The van der Waals surface area contributed by atoms with Crippen molar-refractivity contribution in [2.75, 3.05) is 6.61 Å². The minimum atomic E-state index is -2.07. The first-order chi connectivity index (χ1) is 8.04. The zero-order valence-corrected chi connectivity index (χ0v) is 8.55. The van der Waals surface area contributed by atoms with E-state index >= 15 is 0 Å². The van der Waals surface area contributed by atoms with E-state index in [-0.39, 0.29) is 0 Å². The third-order valence-electron chi connectivity index (χ3n) is 2.55. The molecule has 1 aromatic rings. The Kier molecular flexibility index (Phi) is 3.07. The third kappa shape index (κ3) is 2.01. The zero-order chi connectivity index (χ0) is 12.6. The van der Waals surface area contributed by atoms with E-state index in [0.29, 0.717) is 0 Å². The lowest BCUT2D eigenvalue weighted by molar-refractivity contribution is -0.0437. The Hall–Kier alpha value is -1.54. The average Bonchev–Trinajstić information content (AvgIpc) is 2.57. The van der Waals surface area contributed by atoms with Crippen LogP contribution in [-0.4, -0.2) is 39.7 Å². The number of hydrogen-bond donors (Lipinski definition) is 2. The smallest absolute Gasteiger partial charge is 0.330 e. The molecule has 1 saturated heterocycles. The van der Waals surface area contributed by atoms with Crippen LogP contribution in [0.15, 0.2) is 21.9 Å². The van der Waals surface area contributed by atoms with E-state index in [4.69, 9.17) is 9.84 Å². The zero-order valence-electron chi connectivity index (χ0n) is 8.55. The van der Waals surface area contributed by atoms with Gasteiger partial charge in [-0.15, -0.1) is 0 Å². The van der Waals surface area contributed by atoms with Gasteiger partial charge in [-0.3, -0.25) is 14.3 Å². The highest BCUT2D eigenvalue weighted by atomic mass is 19.2. The summed E-state index contributed by atoms with van der Waals surface area (Å²) in [4.78, 5) is 24.1. The Bertz CT molecular complexity index is 514. The number of H-pyrrole nitrogens is 1. The highest BCUT2D eigenvalue weighted by molar-refractivity contribution is 4.93. The molecule has 8 heteroatoms. The molecule has 1 aliphatic rings. The maximum atomic E-state index is 13.5. The summed E-state index contributed by atoms with van der Waals surface area (Å²) < 4.78 is 32.4. The van der Waals surface area contributed by atoms with Gasteiger partial charge in [0.2, 0.25) is 0 Å². The lowest BCUT2D eigenvalue weighted by Crippen LogP contribution is -2.34. The van der Waals surface area contributed by atoms with E-state index < -0.39 is 42.5 Å². The van der Waals surface area contributed by atoms with E-state index in [2.05, 4.69) is 0 Å². The van der Waals surface area contributed by atoms with E-state index in [1.54, 1.807) is 0 Å². The van der Waals surface area contributed by atoms with Crippen LogP contribution in [0.1, 0.15) is 6.23 Å². The van der Waals surface area contributed by atoms with Gasteiger partial charge in [-0.2, -0.15) is 0 Å². The SMILES string of the molecule is O=c1ccn([C@@H]2O[C@H](CO)C(F)C2F)c(=O)[nH]1. The molecule has 17 heavy (non-hydrogen) atoms. The lowest BCUT2D eigenvalue weighted by atomic mass is 10.2. The van der Waals surface area contributed by atoms with Gasteiger partial charge in [-0.1, -0.05) is 0 Å². The van der Waals surface area contributed by atoms with Gasteiger partial charge in [0.1, 0.15) is 6.10 Å². The second-order valence-corrected chi connectivity index (χ2v) is 3.65. The molecule has 0 bridgehead atoms. The summed E-state index contributed by atoms with van der Waals surface area (Å²) >= 11 is 0. The molecule has 1 aromatic heterocycles. The van der Waals surface area contributed by atoms with E-state index in [1.165, 1.54) is 0 Å². The van der Waals surface area contributed by atoms with Crippen molar-refractivity contribution in [3.63, 3.8) is 0 Å². The van der Waals surface area contributed by atoms with Crippen LogP contribution >= 0.6 is 0 Å². The van der Waals surface area contributed by atoms with Gasteiger partial charge < -0.3 is 9.84 Å². The number of halogens is 2. The van der Waals surface area contributed by atoms with Crippen molar-refractivity contribution in [1.29, 1.82) is 0 Å². The molecular weight excluding hydrogens is 238 g/mol. The van der Waals surface area contributed by atoms with Gasteiger partial charge in [0.15, 0.2) is 18.6 Å². The first-order valence-corrected chi connectivity index (χ1v) is 4.90. The lowest BCUT2D eigenvalue weighted by Gasteiger charge is -2.14. The van der Waals surface area contributed by atoms with Crippen molar-refractivity contribution in [3.05, 3.63) is 33.1 Å². The minimum Gasteiger partial charge on any atom is -0.394 e. The Morgan fingerprint density at radius 3 is 2.65 bits per heavy atom. The van der Waals surface area contributed by atoms with Gasteiger partial charge in [0, 0.05) is 12.3 Å². The van der Waals surface area contributed by atoms with Gasteiger partial charge >= 0.3 is 5.69 Å². The molecule has 0 aromatic carbocycles. The number of ether oxygens (including phenoxy) is 1. The van der Waals surface area contributed by atoms with Gasteiger partial charge in [-0.05, 0) is 0 Å². The highest BCUT2D eigenvalue weighted by Crippen LogP contribution is 2.32. The molecule has 6 nitrogen and oxygen atoms in total. The van der Waals surface area contributed by atoms with Crippen molar-refractivity contribution < 1.29 is 18.6 Å². The first kappa shape index (κ1) is 11.9. The van der Waals surface area contributed by atoms with Crippen molar-refractivity contribution in [2.24, 2.45) is 0 Å². The first-order valence-electron chi connectivity index (χ1n) is 4.90. The maximum Gasteiger partial charge on any atom is 0.330 e. The molecule has 0 radical (unpaired) electrons. The topological polar surface area (TPSA) is 84.3 Å². The quantitative estimate of drug-likeness (QED) is 0.710. The largest absolute Gasteiger partial charge is 0.394 e. The molecule has 0 aliphatic carbocycles. The van der Waals surface area contributed by atoms with Gasteiger partial charge in [-0.25, -0.2) is 13.6 Å². The molecule has 0 amide bonds. The van der Waals surface area contributed by atoms with E-state index in [0.717, 1.165) is 16.8 Å². The minimum absolute atomic E-state index is 0.643. The number of aliphatic hydroxyl groups is 1. The number of aromatic nitrogens is 2. The molecule has 1 fully saturated rings. The number of alkyl halides is 2. The number of nitrogens with one attached hydrogen (secondary N) is 1. The van der Waals surface area contributed by atoms with Crippen LogP contribution in [-0.2, 0) is 4.74 Å². The van der Waals surface area contributed by atoms with Crippen molar-refractivity contribution >= 4 is 0 Å². The van der Waals surface area contributed by atoms with Crippen molar-refractivity contribution in [1.82, 2.24) is 9.55 Å². The second kappa shape index (κ2) is 4.38. The Morgan fingerprint density at radius 1 is 1.41 bits per heavy atom. The summed E-state index contributed by atoms with van der Waals surface area (Å²) in [7, 11) is 0. The average molecular weight is 248 g/mol. The standard InChI is InChI=1S/C9H10F2N2O4/c10-6-4(3-14)17-8(7(6)11)13-2-1-5(15)12-9(13)16/h1-2,4,6-8,14H,3H2,(H,12,15,16)/t4-,6?,7?,8-/m1/s1. The fraction of sp³-hybridized carbons (Fsp3) is 0.556. The summed E-state index contributed by atoms with van der Waals surface area (Å²) in [5.74, 6) is 0. The molecular formula is C9H10F2N2O4.